The summed E-state index contributed by atoms with van der Waals surface area (Å²) < 4.78 is 5.39. The largest absolute Gasteiger partial charge is 0.459 e. The summed E-state index contributed by atoms with van der Waals surface area (Å²) in [5.41, 5.74) is 6.97. The molecule has 0 fully saturated rings. The quantitative estimate of drug-likeness (QED) is 0.702. The van der Waals surface area contributed by atoms with Crippen LogP contribution >= 0.6 is 0 Å². The number of hydrogen-bond donors (Lipinski definition) is 2. The van der Waals surface area contributed by atoms with Gasteiger partial charge in [-0.05, 0) is 30.4 Å². The summed E-state index contributed by atoms with van der Waals surface area (Å²) in [5.74, 6) is -0.954. The summed E-state index contributed by atoms with van der Waals surface area (Å²) in [6, 6.07) is 18.2. The summed E-state index contributed by atoms with van der Waals surface area (Å²) in [5, 5.41) is 2.77. The fraction of sp³-hybridized carbons (Fsp3) is 0.364. The van der Waals surface area contributed by atoms with Crippen LogP contribution in [-0.4, -0.2) is 23.5 Å². The topological polar surface area (TPSA) is 81.4 Å². The molecule has 0 unspecified atom stereocenters. The fourth-order valence-electron chi connectivity index (χ4n) is 2.72. The normalized spacial score (nSPS) is 14.3. The van der Waals surface area contributed by atoms with Crippen LogP contribution in [0.3, 0.4) is 0 Å². The third kappa shape index (κ3) is 6.22. The lowest BCUT2D eigenvalue weighted by Crippen LogP contribution is -2.58. The predicted molar refractivity (Wildman–Crippen MR) is 106 cm³/mol. The number of benzene rings is 2. The molecule has 27 heavy (non-hydrogen) atoms. The maximum atomic E-state index is 12.7. The number of nitrogens with one attached hydrogen (secondary N) is 1. The molecule has 0 saturated heterocycles. The zero-order valence-corrected chi connectivity index (χ0v) is 16.1. The SMILES string of the molecule is CC(C)[C@H](NC(=O)[C@@](C)(N)Cc1ccccc1)C(=O)OCc1ccccc1. The molecule has 144 valence electrons. The molecule has 0 bridgehead atoms. The zero-order valence-electron chi connectivity index (χ0n) is 16.1. The van der Waals surface area contributed by atoms with Crippen molar-refractivity contribution in [3.63, 3.8) is 0 Å². The Balaban J connectivity index is 1.99. The summed E-state index contributed by atoms with van der Waals surface area (Å²) in [7, 11) is 0. The number of esters is 1. The van der Waals surface area contributed by atoms with Crippen molar-refractivity contribution in [2.45, 2.75) is 45.4 Å². The van der Waals surface area contributed by atoms with Crippen LogP contribution in [0.4, 0.5) is 0 Å². The third-order valence-corrected chi connectivity index (χ3v) is 4.36. The maximum absolute atomic E-state index is 12.7. The van der Waals surface area contributed by atoms with Gasteiger partial charge in [0.2, 0.25) is 5.91 Å². The molecule has 5 nitrogen and oxygen atoms in total. The molecule has 5 heteroatoms. The molecule has 2 rings (SSSR count). The molecule has 0 heterocycles. The summed E-state index contributed by atoms with van der Waals surface area (Å²) in [6.07, 6.45) is 0.379. The maximum Gasteiger partial charge on any atom is 0.329 e. The first kappa shape index (κ1) is 20.6. The molecular formula is C22H28N2O3. The Bertz CT molecular complexity index is 743. The Morgan fingerprint density at radius 1 is 1.00 bits per heavy atom. The van der Waals surface area contributed by atoms with Crippen molar-refractivity contribution >= 4 is 11.9 Å². The second kappa shape index (κ2) is 9.33. The number of ether oxygens (including phenoxy) is 1. The average Bonchev–Trinajstić information content (AvgIpc) is 2.65. The van der Waals surface area contributed by atoms with Crippen LogP contribution in [0.2, 0.25) is 0 Å². The number of rotatable bonds is 8. The van der Waals surface area contributed by atoms with Crippen molar-refractivity contribution in [2.75, 3.05) is 0 Å². The van der Waals surface area contributed by atoms with E-state index in [1.165, 1.54) is 0 Å². The molecule has 0 aliphatic carbocycles. The highest BCUT2D eigenvalue weighted by atomic mass is 16.5. The van der Waals surface area contributed by atoms with Gasteiger partial charge in [-0.25, -0.2) is 4.79 Å². The van der Waals surface area contributed by atoms with Crippen molar-refractivity contribution in [3.8, 4) is 0 Å². The van der Waals surface area contributed by atoms with Gasteiger partial charge in [0.25, 0.3) is 0 Å². The van der Waals surface area contributed by atoms with E-state index in [0.717, 1.165) is 11.1 Å². The molecule has 0 aliphatic rings. The lowest BCUT2D eigenvalue weighted by Gasteiger charge is -2.28. The first-order chi connectivity index (χ1) is 12.8. The van der Waals surface area contributed by atoms with Gasteiger partial charge in [0.1, 0.15) is 12.6 Å². The molecule has 2 atom stereocenters. The van der Waals surface area contributed by atoms with Crippen LogP contribution in [0.1, 0.15) is 31.9 Å². The van der Waals surface area contributed by atoms with E-state index in [0.29, 0.717) is 6.42 Å². The summed E-state index contributed by atoms with van der Waals surface area (Å²) >= 11 is 0. The van der Waals surface area contributed by atoms with E-state index in [9.17, 15) is 9.59 Å². The summed E-state index contributed by atoms with van der Waals surface area (Å²) in [4.78, 5) is 25.2. The Labute approximate surface area is 160 Å². The predicted octanol–water partition coefficient (Wildman–Crippen LogP) is 2.83. The highest BCUT2D eigenvalue weighted by Gasteiger charge is 2.34. The van der Waals surface area contributed by atoms with E-state index in [1.54, 1.807) is 6.92 Å². The Morgan fingerprint density at radius 2 is 1.52 bits per heavy atom. The molecular weight excluding hydrogens is 340 g/mol. The number of nitrogens with two attached hydrogens (primary N) is 1. The molecule has 2 aromatic rings. The van der Waals surface area contributed by atoms with Crippen LogP contribution in [0.15, 0.2) is 60.7 Å². The number of hydrogen-bond acceptors (Lipinski definition) is 4. The second-order valence-electron chi connectivity index (χ2n) is 7.37. The molecule has 0 spiro atoms. The van der Waals surface area contributed by atoms with Crippen molar-refractivity contribution < 1.29 is 14.3 Å². The van der Waals surface area contributed by atoms with Crippen molar-refractivity contribution in [3.05, 3.63) is 71.8 Å². The smallest absolute Gasteiger partial charge is 0.329 e. The lowest BCUT2D eigenvalue weighted by molar-refractivity contribution is -0.151. The van der Waals surface area contributed by atoms with Crippen LogP contribution in [-0.2, 0) is 27.4 Å². The van der Waals surface area contributed by atoms with E-state index < -0.39 is 17.6 Å². The van der Waals surface area contributed by atoms with Gasteiger partial charge in [-0.2, -0.15) is 0 Å². The van der Waals surface area contributed by atoms with E-state index in [4.69, 9.17) is 10.5 Å². The minimum atomic E-state index is -1.13. The first-order valence-electron chi connectivity index (χ1n) is 9.14. The van der Waals surface area contributed by atoms with Gasteiger partial charge in [0, 0.05) is 0 Å². The van der Waals surface area contributed by atoms with E-state index in [2.05, 4.69) is 5.32 Å². The fourth-order valence-corrected chi connectivity index (χ4v) is 2.72. The highest BCUT2D eigenvalue weighted by Crippen LogP contribution is 2.13. The van der Waals surface area contributed by atoms with Crippen LogP contribution in [0, 0.1) is 5.92 Å². The molecule has 1 amide bonds. The third-order valence-electron chi connectivity index (χ3n) is 4.36. The lowest BCUT2D eigenvalue weighted by atomic mass is 9.92. The molecule has 0 aliphatic heterocycles. The van der Waals surface area contributed by atoms with Gasteiger partial charge in [-0.1, -0.05) is 74.5 Å². The molecule has 2 aromatic carbocycles. The van der Waals surface area contributed by atoms with Crippen molar-refractivity contribution in [2.24, 2.45) is 11.7 Å². The van der Waals surface area contributed by atoms with Crippen LogP contribution in [0.5, 0.6) is 0 Å². The average molecular weight is 368 g/mol. The molecule has 0 saturated carbocycles. The van der Waals surface area contributed by atoms with E-state index in [-0.39, 0.29) is 18.4 Å². The van der Waals surface area contributed by atoms with Gasteiger partial charge in [-0.3, -0.25) is 4.79 Å². The Hall–Kier alpha value is -2.66. The van der Waals surface area contributed by atoms with E-state index in [1.807, 2.05) is 74.5 Å². The number of carbonyl (C=O) groups is 2. The van der Waals surface area contributed by atoms with E-state index >= 15 is 0 Å². The summed E-state index contributed by atoms with van der Waals surface area (Å²) in [6.45, 7) is 5.56. The molecule has 0 aromatic heterocycles. The number of carbonyl (C=O) groups excluding carboxylic acids is 2. The Kier molecular flexibility index (Phi) is 7.13. The second-order valence-corrected chi connectivity index (χ2v) is 7.37. The number of amides is 1. The molecule has 0 radical (unpaired) electrons. The van der Waals surface area contributed by atoms with Gasteiger partial charge in [-0.15, -0.1) is 0 Å². The van der Waals surface area contributed by atoms with Gasteiger partial charge in [0.05, 0.1) is 5.54 Å². The van der Waals surface area contributed by atoms with Gasteiger partial charge < -0.3 is 15.8 Å². The Morgan fingerprint density at radius 3 is 2.04 bits per heavy atom. The van der Waals surface area contributed by atoms with Crippen LogP contribution < -0.4 is 11.1 Å². The monoisotopic (exact) mass is 368 g/mol. The molecule has 3 N–H and O–H groups in total. The minimum Gasteiger partial charge on any atom is -0.459 e. The first-order valence-corrected chi connectivity index (χ1v) is 9.14. The van der Waals surface area contributed by atoms with Gasteiger partial charge in [0.15, 0.2) is 0 Å². The van der Waals surface area contributed by atoms with Gasteiger partial charge >= 0.3 is 5.97 Å². The highest BCUT2D eigenvalue weighted by molar-refractivity contribution is 5.90. The minimum absolute atomic E-state index is 0.121. The van der Waals surface area contributed by atoms with Crippen LogP contribution in [0.25, 0.3) is 0 Å². The van der Waals surface area contributed by atoms with Crippen molar-refractivity contribution in [1.82, 2.24) is 5.32 Å². The zero-order chi connectivity index (χ0) is 19.9. The van der Waals surface area contributed by atoms with Crippen molar-refractivity contribution in [1.29, 1.82) is 0 Å². The standard InChI is InChI=1S/C22H28N2O3/c1-16(2)19(20(25)27-15-18-12-8-5-9-13-18)24-21(26)22(3,23)14-17-10-6-4-7-11-17/h4-13,16,19H,14-15,23H2,1-3H3,(H,24,26)/t19-,22-/m0/s1.